The van der Waals surface area contributed by atoms with Gasteiger partial charge < -0.3 is 10.4 Å². The lowest BCUT2D eigenvalue weighted by Gasteiger charge is -2.25. The smallest absolute Gasteiger partial charge is 0.329 e. The molecule has 0 spiro atoms. The van der Waals surface area contributed by atoms with Gasteiger partial charge in [0.05, 0.1) is 0 Å². The third-order valence-corrected chi connectivity index (χ3v) is 3.54. The van der Waals surface area contributed by atoms with Crippen LogP contribution in [0, 0.1) is 11.7 Å². The first-order valence-electron chi connectivity index (χ1n) is 6.41. The average molecular weight is 277 g/mol. The fraction of sp³-hybridized carbons (Fsp3) is 0.333. The molecule has 0 aliphatic heterocycles. The maximum Gasteiger partial charge on any atom is 0.329 e. The summed E-state index contributed by atoms with van der Waals surface area (Å²) in [6.45, 7) is 1.50. The van der Waals surface area contributed by atoms with Gasteiger partial charge in [0.15, 0.2) is 0 Å². The number of carbonyl (C=O) groups excluding carboxylic acids is 1. The minimum absolute atomic E-state index is 0.0363. The number of carbonyl (C=O) groups is 2. The van der Waals surface area contributed by atoms with E-state index in [2.05, 4.69) is 5.32 Å². The van der Waals surface area contributed by atoms with Crippen molar-refractivity contribution < 1.29 is 19.1 Å². The fourth-order valence-corrected chi connectivity index (χ4v) is 2.06. The Morgan fingerprint density at radius 3 is 2.60 bits per heavy atom. The van der Waals surface area contributed by atoms with Crippen LogP contribution >= 0.6 is 0 Å². The zero-order valence-corrected chi connectivity index (χ0v) is 11.1. The van der Waals surface area contributed by atoms with Crippen LogP contribution in [0.15, 0.2) is 30.3 Å². The van der Waals surface area contributed by atoms with Crippen molar-refractivity contribution in [3.8, 4) is 0 Å². The standard InChI is InChI=1S/C15H16FNO3/c1-15(14(19)20,11-7-8-11)17-13(18)9-6-10-4-2-3-5-12(10)16/h2-6,9,11H,7-8H2,1H3,(H,17,18)(H,19,20)/b9-6+. The van der Waals surface area contributed by atoms with Gasteiger partial charge in [-0.3, -0.25) is 4.79 Å². The molecule has 0 saturated heterocycles. The summed E-state index contributed by atoms with van der Waals surface area (Å²) in [4.78, 5) is 23.1. The lowest BCUT2D eigenvalue weighted by Crippen LogP contribution is -2.53. The summed E-state index contributed by atoms with van der Waals surface area (Å²) in [7, 11) is 0. The van der Waals surface area contributed by atoms with Gasteiger partial charge in [0.2, 0.25) is 5.91 Å². The molecule has 1 saturated carbocycles. The van der Waals surface area contributed by atoms with Crippen LogP contribution in [-0.2, 0) is 9.59 Å². The number of rotatable bonds is 5. The van der Waals surface area contributed by atoms with Gasteiger partial charge in [-0.2, -0.15) is 0 Å². The van der Waals surface area contributed by atoms with Crippen molar-refractivity contribution in [2.24, 2.45) is 5.92 Å². The topological polar surface area (TPSA) is 66.4 Å². The Morgan fingerprint density at radius 1 is 1.40 bits per heavy atom. The number of aliphatic carboxylic acids is 1. The monoisotopic (exact) mass is 277 g/mol. The molecule has 0 heterocycles. The lowest BCUT2D eigenvalue weighted by atomic mass is 9.96. The number of hydrogen-bond acceptors (Lipinski definition) is 2. The largest absolute Gasteiger partial charge is 0.480 e. The van der Waals surface area contributed by atoms with Crippen molar-refractivity contribution >= 4 is 18.0 Å². The zero-order valence-electron chi connectivity index (χ0n) is 11.1. The van der Waals surface area contributed by atoms with E-state index >= 15 is 0 Å². The molecule has 1 aliphatic carbocycles. The van der Waals surface area contributed by atoms with Gasteiger partial charge in [-0.1, -0.05) is 18.2 Å². The maximum absolute atomic E-state index is 13.4. The van der Waals surface area contributed by atoms with Gasteiger partial charge in [-0.15, -0.1) is 0 Å². The Bertz CT molecular complexity index is 566. The van der Waals surface area contributed by atoms with E-state index in [9.17, 15) is 19.1 Å². The normalized spacial score (nSPS) is 17.7. The molecule has 1 fully saturated rings. The molecule has 2 N–H and O–H groups in total. The van der Waals surface area contributed by atoms with E-state index in [1.54, 1.807) is 12.1 Å². The first-order chi connectivity index (χ1) is 9.43. The van der Waals surface area contributed by atoms with Crippen LogP contribution in [0.4, 0.5) is 4.39 Å². The highest BCUT2D eigenvalue weighted by Crippen LogP contribution is 2.39. The molecule has 1 aromatic carbocycles. The minimum atomic E-state index is -1.25. The molecule has 106 valence electrons. The quantitative estimate of drug-likeness (QED) is 0.811. The van der Waals surface area contributed by atoms with Crippen molar-refractivity contribution in [2.75, 3.05) is 0 Å². The highest BCUT2D eigenvalue weighted by Gasteiger charge is 2.48. The second kappa shape index (κ2) is 5.45. The minimum Gasteiger partial charge on any atom is -0.480 e. The van der Waals surface area contributed by atoms with Crippen LogP contribution < -0.4 is 5.32 Å². The molecule has 1 aliphatic rings. The van der Waals surface area contributed by atoms with Crippen molar-refractivity contribution in [3.63, 3.8) is 0 Å². The predicted molar refractivity (Wildman–Crippen MR) is 72.3 cm³/mol. The third-order valence-electron chi connectivity index (χ3n) is 3.54. The van der Waals surface area contributed by atoms with E-state index in [-0.39, 0.29) is 11.5 Å². The molecule has 0 bridgehead atoms. The first-order valence-corrected chi connectivity index (χ1v) is 6.41. The highest BCUT2D eigenvalue weighted by molar-refractivity contribution is 5.96. The third kappa shape index (κ3) is 3.04. The van der Waals surface area contributed by atoms with Gasteiger partial charge in [0.1, 0.15) is 11.4 Å². The van der Waals surface area contributed by atoms with Gasteiger partial charge >= 0.3 is 5.97 Å². The van der Waals surface area contributed by atoms with Gasteiger partial charge in [0.25, 0.3) is 0 Å². The lowest BCUT2D eigenvalue weighted by molar-refractivity contribution is -0.147. The van der Waals surface area contributed by atoms with E-state index in [1.165, 1.54) is 25.1 Å². The van der Waals surface area contributed by atoms with Crippen LogP contribution in [0.1, 0.15) is 25.3 Å². The van der Waals surface area contributed by atoms with Crippen LogP contribution in [0.3, 0.4) is 0 Å². The summed E-state index contributed by atoms with van der Waals surface area (Å²) in [6, 6.07) is 6.05. The maximum atomic E-state index is 13.4. The van der Waals surface area contributed by atoms with Crippen molar-refractivity contribution in [3.05, 3.63) is 41.7 Å². The molecule has 2 rings (SSSR count). The number of hydrogen-bond donors (Lipinski definition) is 2. The summed E-state index contributed by atoms with van der Waals surface area (Å²) in [5, 5.41) is 11.7. The molecule has 20 heavy (non-hydrogen) atoms. The molecule has 1 amide bonds. The Morgan fingerprint density at radius 2 is 2.05 bits per heavy atom. The van der Waals surface area contributed by atoms with Crippen molar-refractivity contribution in [1.29, 1.82) is 0 Å². The molecule has 0 aromatic heterocycles. The molecular weight excluding hydrogens is 261 g/mol. The zero-order chi connectivity index (χ0) is 14.8. The number of halogens is 1. The van der Waals surface area contributed by atoms with Crippen LogP contribution in [0.2, 0.25) is 0 Å². The number of benzene rings is 1. The van der Waals surface area contributed by atoms with Gasteiger partial charge in [-0.25, -0.2) is 9.18 Å². The number of nitrogens with one attached hydrogen (secondary N) is 1. The number of amides is 1. The van der Waals surface area contributed by atoms with Crippen molar-refractivity contribution in [2.45, 2.75) is 25.3 Å². The molecule has 4 nitrogen and oxygen atoms in total. The SMILES string of the molecule is CC(NC(=O)/C=C/c1ccccc1F)(C(=O)O)C1CC1. The Hall–Kier alpha value is -2.17. The van der Waals surface area contributed by atoms with E-state index < -0.39 is 23.2 Å². The Balaban J connectivity index is 2.05. The van der Waals surface area contributed by atoms with Crippen molar-refractivity contribution in [1.82, 2.24) is 5.32 Å². The Kier molecular flexibility index (Phi) is 3.88. The van der Waals surface area contributed by atoms with Gasteiger partial charge in [0, 0.05) is 11.6 Å². The molecule has 1 atom stereocenters. The number of carboxylic acid groups (broad SMARTS) is 1. The summed E-state index contributed by atoms with van der Waals surface area (Å²) in [5.74, 6) is -2.05. The number of carboxylic acids is 1. The molecule has 1 aromatic rings. The van der Waals surface area contributed by atoms with E-state index in [1.807, 2.05) is 0 Å². The first kappa shape index (κ1) is 14.2. The average Bonchev–Trinajstić information content (AvgIpc) is 3.22. The predicted octanol–water partition coefficient (Wildman–Crippen LogP) is 2.21. The molecule has 1 unspecified atom stereocenters. The van der Waals surface area contributed by atoms with Gasteiger partial charge in [-0.05, 0) is 37.8 Å². The summed E-state index contributed by atoms with van der Waals surface area (Å²) in [5.41, 5.74) is -0.970. The molecule has 0 radical (unpaired) electrons. The second-order valence-electron chi connectivity index (χ2n) is 5.13. The van der Waals surface area contributed by atoms with E-state index in [0.717, 1.165) is 18.9 Å². The fourth-order valence-electron chi connectivity index (χ4n) is 2.06. The highest BCUT2D eigenvalue weighted by atomic mass is 19.1. The summed E-state index contributed by atoms with van der Waals surface area (Å²) in [6.07, 6.45) is 4.07. The van der Waals surface area contributed by atoms with E-state index in [4.69, 9.17) is 0 Å². The Labute approximate surface area is 116 Å². The summed E-state index contributed by atoms with van der Waals surface area (Å²) < 4.78 is 13.4. The van der Waals surface area contributed by atoms with Crippen LogP contribution in [-0.4, -0.2) is 22.5 Å². The summed E-state index contributed by atoms with van der Waals surface area (Å²) >= 11 is 0. The van der Waals surface area contributed by atoms with Crippen LogP contribution in [0.25, 0.3) is 6.08 Å². The second-order valence-corrected chi connectivity index (χ2v) is 5.13. The molecule has 5 heteroatoms. The van der Waals surface area contributed by atoms with Crippen LogP contribution in [0.5, 0.6) is 0 Å². The van der Waals surface area contributed by atoms with E-state index in [0.29, 0.717) is 0 Å². The molecular formula is C15H16FNO3.